The Morgan fingerprint density at radius 2 is 0.906 bits per heavy atom. The van der Waals surface area contributed by atoms with Crippen molar-refractivity contribution in [3.8, 4) is 29.4 Å². The molecule has 0 fully saturated rings. The van der Waals surface area contributed by atoms with Crippen LogP contribution >= 0.6 is 0 Å². The molecule has 2 aromatic carbocycles. The summed E-state index contributed by atoms with van der Waals surface area (Å²) >= 11 is 0. The van der Waals surface area contributed by atoms with Gasteiger partial charge in [-0.25, -0.2) is 29.5 Å². The SMILES string of the molecule is COc1cc2c(cc1C#Cc1ncc(C(=O)O)cn1)C(C)(C)CCC2(C)C.Cc1cc2c(cc1C#Cc1ncc(C(=O)O)cn1)C(C)(C)CCC2(C)C. The lowest BCUT2D eigenvalue weighted by Crippen LogP contribution is -2.34. The second kappa shape index (κ2) is 14.5. The van der Waals surface area contributed by atoms with Gasteiger partial charge in [-0.05, 0) is 112 Å². The highest BCUT2D eigenvalue weighted by Gasteiger charge is 2.38. The van der Waals surface area contributed by atoms with E-state index in [1.165, 1.54) is 53.5 Å². The van der Waals surface area contributed by atoms with Crippen LogP contribution in [-0.2, 0) is 21.7 Å². The maximum absolute atomic E-state index is 10.9. The summed E-state index contributed by atoms with van der Waals surface area (Å²) in [6.07, 6.45) is 9.67. The standard InChI is InChI=1S/C22H24N2O3.C22H24N2O2/c1-21(2)8-9-22(3,4)17-11-18(27-5)14(10-16(17)21)6-7-19-23-12-15(13-24-19)20(25)26;1-14-10-17-18(22(4,5)9-8-21(17,2)3)11-15(14)6-7-19-23-12-16(13-24-19)20(25)26/h10-13H,8-9H2,1-5H3,(H,25,26);10-13H,8-9H2,1-5H3,(H,25,26). The summed E-state index contributed by atoms with van der Waals surface area (Å²) in [6, 6.07) is 8.71. The van der Waals surface area contributed by atoms with Crippen molar-refractivity contribution in [2.45, 2.75) is 110 Å². The van der Waals surface area contributed by atoms with Crippen molar-refractivity contribution < 1.29 is 24.5 Å². The highest BCUT2D eigenvalue weighted by Crippen LogP contribution is 2.48. The second-order valence-corrected chi connectivity index (χ2v) is 16.5. The van der Waals surface area contributed by atoms with Gasteiger partial charge in [-0.2, -0.15) is 0 Å². The first-order chi connectivity index (χ1) is 24.7. The fraction of sp³-hybridized carbons (Fsp3) is 0.409. The van der Waals surface area contributed by atoms with Crippen LogP contribution in [0.1, 0.15) is 152 Å². The first kappa shape index (κ1) is 38.7. The fourth-order valence-corrected chi connectivity index (χ4v) is 6.97. The van der Waals surface area contributed by atoms with Gasteiger partial charge in [-0.1, -0.05) is 73.3 Å². The Morgan fingerprint density at radius 1 is 0.566 bits per heavy atom. The minimum atomic E-state index is -1.06. The molecule has 0 aliphatic heterocycles. The number of ether oxygens (including phenoxy) is 1. The van der Waals surface area contributed by atoms with Gasteiger partial charge in [-0.15, -0.1) is 0 Å². The number of hydrogen-bond donors (Lipinski definition) is 2. The molecule has 2 aliphatic carbocycles. The third-order valence-corrected chi connectivity index (χ3v) is 10.8. The molecule has 6 rings (SSSR count). The molecule has 274 valence electrons. The zero-order chi connectivity index (χ0) is 38.9. The van der Waals surface area contributed by atoms with E-state index < -0.39 is 11.9 Å². The van der Waals surface area contributed by atoms with Crippen LogP contribution in [0.5, 0.6) is 5.75 Å². The van der Waals surface area contributed by atoms with Gasteiger partial charge in [-0.3, -0.25) is 0 Å². The monoisotopic (exact) mass is 712 g/mol. The maximum atomic E-state index is 10.9. The van der Waals surface area contributed by atoms with Crippen molar-refractivity contribution in [2.24, 2.45) is 0 Å². The van der Waals surface area contributed by atoms with Crippen LogP contribution < -0.4 is 4.74 Å². The summed E-state index contributed by atoms with van der Waals surface area (Å²) in [7, 11) is 1.64. The number of nitrogens with zero attached hydrogens (tertiary/aromatic N) is 4. The van der Waals surface area contributed by atoms with Crippen LogP contribution in [0.2, 0.25) is 0 Å². The number of carbonyl (C=O) groups is 2. The van der Waals surface area contributed by atoms with Gasteiger partial charge in [0.05, 0.1) is 23.8 Å². The molecule has 2 aliphatic rings. The van der Waals surface area contributed by atoms with E-state index in [1.54, 1.807) is 7.11 Å². The smallest absolute Gasteiger partial charge is 0.338 e. The van der Waals surface area contributed by atoms with Gasteiger partial charge in [0, 0.05) is 30.4 Å². The molecule has 9 heteroatoms. The minimum Gasteiger partial charge on any atom is -0.495 e. The van der Waals surface area contributed by atoms with Crippen molar-refractivity contribution >= 4 is 11.9 Å². The summed E-state index contributed by atoms with van der Waals surface area (Å²) in [6.45, 7) is 20.3. The van der Waals surface area contributed by atoms with Crippen LogP contribution in [-0.4, -0.2) is 49.2 Å². The number of aromatic nitrogens is 4. The van der Waals surface area contributed by atoms with Gasteiger partial charge in [0.2, 0.25) is 11.6 Å². The Labute approximate surface area is 312 Å². The molecule has 9 nitrogen and oxygen atoms in total. The van der Waals surface area contributed by atoms with Crippen molar-refractivity contribution in [2.75, 3.05) is 7.11 Å². The van der Waals surface area contributed by atoms with Crippen molar-refractivity contribution in [3.63, 3.8) is 0 Å². The Hall–Kier alpha value is -5.54. The van der Waals surface area contributed by atoms with E-state index in [9.17, 15) is 9.59 Å². The predicted molar refractivity (Wildman–Crippen MR) is 205 cm³/mol. The van der Waals surface area contributed by atoms with Crippen LogP contribution in [0.4, 0.5) is 0 Å². The van der Waals surface area contributed by atoms with Gasteiger partial charge in [0.25, 0.3) is 0 Å². The van der Waals surface area contributed by atoms with E-state index in [1.807, 2.05) is 0 Å². The quantitative estimate of drug-likeness (QED) is 0.202. The molecule has 2 heterocycles. The number of carboxylic acids is 2. The molecule has 0 radical (unpaired) electrons. The highest BCUT2D eigenvalue weighted by atomic mass is 16.5. The van der Waals surface area contributed by atoms with Gasteiger partial charge < -0.3 is 14.9 Å². The lowest BCUT2D eigenvalue weighted by Gasteiger charge is -2.42. The Balaban J connectivity index is 0.000000204. The van der Waals surface area contributed by atoms with Gasteiger partial charge in [0.15, 0.2) is 0 Å². The third-order valence-electron chi connectivity index (χ3n) is 10.8. The summed E-state index contributed by atoms with van der Waals surface area (Å²) in [5, 5.41) is 17.8. The molecule has 0 saturated heterocycles. The molecule has 0 atom stereocenters. The second-order valence-electron chi connectivity index (χ2n) is 16.5. The van der Waals surface area contributed by atoms with Crippen molar-refractivity contribution in [1.82, 2.24) is 19.9 Å². The molecule has 0 bridgehead atoms. The molecule has 0 unspecified atom stereocenters. The number of rotatable bonds is 3. The van der Waals surface area contributed by atoms with Crippen LogP contribution in [0, 0.1) is 30.6 Å². The molecule has 2 aromatic heterocycles. The van der Waals surface area contributed by atoms with Crippen molar-refractivity contribution in [1.29, 1.82) is 0 Å². The third kappa shape index (κ3) is 8.42. The Bertz CT molecular complexity index is 2190. The molecular formula is C44H48N4O5. The number of aromatic carboxylic acids is 2. The fourth-order valence-electron chi connectivity index (χ4n) is 6.97. The molecule has 0 amide bonds. The first-order valence-electron chi connectivity index (χ1n) is 17.8. The number of methoxy groups -OCH3 is 1. The molecule has 0 saturated carbocycles. The number of benzene rings is 2. The molecule has 0 spiro atoms. The maximum Gasteiger partial charge on any atom is 0.338 e. The Kier molecular flexibility index (Phi) is 10.6. The largest absolute Gasteiger partial charge is 0.495 e. The average Bonchev–Trinajstić information content (AvgIpc) is 3.11. The first-order valence-corrected chi connectivity index (χ1v) is 17.8. The zero-order valence-electron chi connectivity index (χ0n) is 32.4. The van der Waals surface area contributed by atoms with Gasteiger partial charge in [0.1, 0.15) is 5.75 Å². The topological polar surface area (TPSA) is 135 Å². The van der Waals surface area contributed by atoms with E-state index in [-0.39, 0.29) is 38.6 Å². The molecule has 4 aromatic rings. The normalized spacial score (nSPS) is 16.8. The number of carboxylic acid groups (broad SMARTS) is 2. The van der Waals surface area contributed by atoms with Crippen LogP contribution in [0.15, 0.2) is 49.1 Å². The number of aryl methyl sites for hydroxylation is 1. The number of hydrogen-bond acceptors (Lipinski definition) is 7. The van der Waals surface area contributed by atoms with E-state index in [2.05, 4.69) is 130 Å². The average molecular weight is 713 g/mol. The van der Waals surface area contributed by atoms with Crippen LogP contribution in [0.25, 0.3) is 0 Å². The minimum absolute atomic E-state index is 0.0379. The lowest BCUT2D eigenvalue weighted by atomic mass is 9.62. The Morgan fingerprint density at radius 3 is 1.28 bits per heavy atom. The zero-order valence-corrected chi connectivity index (χ0v) is 32.4. The highest BCUT2D eigenvalue weighted by molar-refractivity contribution is 5.87. The lowest BCUT2D eigenvalue weighted by molar-refractivity contribution is 0.0685. The predicted octanol–water partition coefficient (Wildman–Crippen LogP) is 8.16. The molecule has 2 N–H and O–H groups in total. The van der Waals surface area contributed by atoms with Gasteiger partial charge >= 0.3 is 11.9 Å². The molecule has 53 heavy (non-hydrogen) atoms. The van der Waals surface area contributed by atoms with Crippen molar-refractivity contribution in [3.05, 3.63) is 111 Å². The summed E-state index contributed by atoms with van der Waals surface area (Å²) in [5.41, 5.74) is 8.87. The molecular weight excluding hydrogens is 665 g/mol. The summed E-state index contributed by atoms with van der Waals surface area (Å²) in [5.74, 6) is 11.4. The van der Waals surface area contributed by atoms with E-state index in [0.29, 0.717) is 5.82 Å². The number of fused-ring (bicyclic) bond motifs is 2. The van der Waals surface area contributed by atoms with E-state index in [4.69, 9.17) is 14.9 Å². The van der Waals surface area contributed by atoms with Crippen LogP contribution in [0.3, 0.4) is 0 Å². The summed E-state index contributed by atoms with van der Waals surface area (Å²) in [4.78, 5) is 37.8. The van der Waals surface area contributed by atoms with E-state index >= 15 is 0 Å². The summed E-state index contributed by atoms with van der Waals surface area (Å²) < 4.78 is 5.59. The van der Waals surface area contributed by atoms with E-state index in [0.717, 1.165) is 41.7 Å².